The van der Waals surface area contributed by atoms with Crippen LogP contribution in [0.4, 0.5) is 0 Å². The summed E-state index contributed by atoms with van der Waals surface area (Å²) >= 11 is 1.27. The number of hydrogen-bond donors (Lipinski definition) is 1. The molecule has 98 valence electrons. The number of hydrogen-bond acceptors (Lipinski definition) is 4. The molecule has 1 saturated heterocycles. The van der Waals surface area contributed by atoms with Crippen molar-refractivity contribution in [2.75, 3.05) is 13.1 Å². The van der Waals surface area contributed by atoms with Gasteiger partial charge in [0.25, 0.3) is 10.0 Å². The van der Waals surface area contributed by atoms with E-state index in [4.69, 9.17) is 5.73 Å². The van der Waals surface area contributed by atoms with Gasteiger partial charge >= 0.3 is 0 Å². The lowest BCUT2D eigenvalue weighted by Crippen LogP contribution is -2.32. The fourth-order valence-electron chi connectivity index (χ4n) is 1.94. The first-order chi connectivity index (χ1) is 7.51. The van der Waals surface area contributed by atoms with Crippen molar-refractivity contribution in [3.05, 3.63) is 17.5 Å². The molecule has 0 radical (unpaired) electrons. The SMILES string of the molecule is CC(N)C1CCN(S(=O)(=O)c2cccs2)C1.Cl. The van der Waals surface area contributed by atoms with Crippen molar-refractivity contribution >= 4 is 33.8 Å². The quantitative estimate of drug-likeness (QED) is 0.920. The van der Waals surface area contributed by atoms with Crippen molar-refractivity contribution in [3.63, 3.8) is 0 Å². The zero-order valence-corrected chi connectivity index (χ0v) is 12.0. The Morgan fingerprint density at radius 2 is 2.29 bits per heavy atom. The minimum Gasteiger partial charge on any atom is -0.328 e. The second-order valence-corrected chi connectivity index (χ2v) is 7.32. The summed E-state index contributed by atoms with van der Waals surface area (Å²) in [5.41, 5.74) is 5.80. The Morgan fingerprint density at radius 3 is 2.76 bits per heavy atom. The summed E-state index contributed by atoms with van der Waals surface area (Å²) in [5, 5.41) is 1.78. The van der Waals surface area contributed by atoms with Crippen LogP contribution in [0.5, 0.6) is 0 Å². The van der Waals surface area contributed by atoms with E-state index < -0.39 is 10.0 Å². The molecule has 0 amide bonds. The van der Waals surface area contributed by atoms with Crippen molar-refractivity contribution in [2.45, 2.75) is 23.6 Å². The molecule has 7 heteroatoms. The monoisotopic (exact) mass is 296 g/mol. The highest BCUT2D eigenvalue weighted by Gasteiger charge is 2.34. The third kappa shape index (κ3) is 3.00. The average Bonchev–Trinajstić information content (AvgIpc) is 2.90. The van der Waals surface area contributed by atoms with Crippen LogP contribution in [-0.4, -0.2) is 31.9 Å². The maximum Gasteiger partial charge on any atom is 0.252 e. The number of nitrogens with zero attached hydrogens (tertiary/aromatic N) is 1. The lowest BCUT2D eigenvalue weighted by molar-refractivity contribution is 0.430. The highest BCUT2D eigenvalue weighted by molar-refractivity contribution is 7.91. The maximum absolute atomic E-state index is 12.2. The summed E-state index contributed by atoms with van der Waals surface area (Å²) in [4.78, 5) is 0. The van der Waals surface area contributed by atoms with Crippen molar-refractivity contribution in [3.8, 4) is 0 Å². The zero-order chi connectivity index (χ0) is 11.8. The van der Waals surface area contributed by atoms with Gasteiger partial charge < -0.3 is 5.73 Å². The topological polar surface area (TPSA) is 63.4 Å². The minimum absolute atomic E-state index is 0. The predicted octanol–water partition coefficient (Wildman–Crippen LogP) is 1.53. The lowest BCUT2D eigenvalue weighted by Gasteiger charge is -2.17. The molecule has 2 heterocycles. The second-order valence-electron chi connectivity index (χ2n) is 4.20. The van der Waals surface area contributed by atoms with Crippen LogP contribution < -0.4 is 5.73 Å². The van der Waals surface area contributed by atoms with Gasteiger partial charge in [-0.3, -0.25) is 0 Å². The van der Waals surface area contributed by atoms with Crippen LogP contribution in [0.25, 0.3) is 0 Å². The van der Waals surface area contributed by atoms with Crippen LogP contribution in [0.1, 0.15) is 13.3 Å². The van der Waals surface area contributed by atoms with Gasteiger partial charge in [0.1, 0.15) is 4.21 Å². The van der Waals surface area contributed by atoms with Crippen LogP contribution in [-0.2, 0) is 10.0 Å². The Kier molecular flexibility index (Phi) is 4.97. The molecule has 2 unspecified atom stereocenters. The highest BCUT2D eigenvalue weighted by atomic mass is 35.5. The van der Waals surface area contributed by atoms with Gasteiger partial charge in [-0.2, -0.15) is 4.31 Å². The molecule has 0 saturated carbocycles. The molecule has 0 aliphatic carbocycles. The van der Waals surface area contributed by atoms with Gasteiger partial charge in [-0.25, -0.2) is 8.42 Å². The third-order valence-corrected chi connectivity index (χ3v) is 6.26. The van der Waals surface area contributed by atoms with Crippen molar-refractivity contribution in [1.82, 2.24) is 4.31 Å². The molecule has 0 spiro atoms. The van der Waals surface area contributed by atoms with E-state index >= 15 is 0 Å². The van der Waals surface area contributed by atoms with Crippen LogP contribution in [0.3, 0.4) is 0 Å². The molecule has 2 rings (SSSR count). The molecule has 1 fully saturated rings. The summed E-state index contributed by atoms with van der Waals surface area (Å²) in [6, 6.07) is 3.47. The van der Waals surface area contributed by atoms with Gasteiger partial charge in [0.2, 0.25) is 0 Å². The molecule has 1 aromatic rings. The minimum atomic E-state index is -3.27. The van der Waals surface area contributed by atoms with Crippen molar-refractivity contribution in [2.24, 2.45) is 11.7 Å². The lowest BCUT2D eigenvalue weighted by atomic mass is 10.0. The summed E-state index contributed by atoms with van der Waals surface area (Å²) in [6.07, 6.45) is 0.863. The van der Waals surface area contributed by atoms with Gasteiger partial charge in [0.15, 0.2) is 0 Å². The van der Waals surface area contributed by atoms with E-state index in [-0.39, 0.29) is 24.4 Å². The molecule has 1 aliphatic rings. The highest BCUT2D eigenvalue weighted by Crippen LogP contribution is 2.27. The van der Waals surface area contributed by atoms with E-state index in [0.717, 1.165) is 6.42 Å². The number of halogens is 1. The van der Waals surface area contributed by atoms with E-state index in [1.807, 2.05) is 6.92 Å². The number of sulfonamides is 1. The molecule has 1 aromatic heterocycles. The second kappa shape index (κ2) is 5.67. The van der Waals surface area contributed by atoms with E-state index in [2.05, 4.69) is 0 Å². The maximum atomic E-state index is 12.2. The van der Waals surface area contributed by atoms with Gasteiger partial charge in [-0.05, 0) is 30.7 Å². The summed E-state index contributed by atoms with van der Waals surface area (Å²) in [7, 11) is -3.27. The van der Waals surface area contributed by atoms with E-state index in [0.29, 0.717) is 17.3 Å². The predicted molar refractivity (Wildman–Crippen MR) is 72.1 cm³/mol. The van der Waals surface area contributed by atoms with E-state index in [1.165, 1.54) is 11.3 Å². The molecule has 1 aliphatic heterocycles. The van der Waals surface area contributed by atoms with E-state index in [1.54, 1.807) is 21.8 Å². The molecular weight excluding hydrogens is 280 g/mol. The first-order valence-electron chi connectivity index (χ1n) is 5.31. The Hall–Kier alpha value is -0.140. The third-order valence-electron chi connectivity index (χ3n) is 3.02. The Labute approximate surface area is 112 Å². The first-order valence-corrected chi connectivity index (χ1v) is 7.63. The Morgan fingerprint density at radius 1 is 1.59 bits per heavy atom. The largest absolute Gasteiger partial charge is 0.328 e. The Bertz CT molecular complexity index is 445. The molecule has 0 aromatic carbocycles. The molecule has 2 atom stereocenters. The number of nitrogens with two attached hydrogens (primary N) is 1. The normalized spacial score (nSPS) is 23.3. The first kappa shape index (κ1) is 14.9. The van der Waals surface area contributed by atoms with Crippen LogP contribution in [0.15, 0.2) is 21.7 Å². The number of thiophene rings is 1. The molecule has 17 heavy (non-hydrogen) atoms. The van der Waals surface area contributed by atoms with Gasteiger partial charge in [0.05, 0.1) is 0 Å². The van der Waals surface area contributed by atoms with Crippen LogP contribution >= 0.6 is 23.7 Å². The molecule has 0 bridgehead atoms. The molecular formula is C10H17ClN2O2S2. The van der Waals surface area contributed by atoms with Gasteiger partial charge in [0, 0.05) is 19.1 Å². The fraction of sp³-hybridized carbons (Fsp3) is 0.600. The smallest absolute Gasteiger partial charge is 0.252 e. The van der Waals surface area contributed by atoms with Crippen LogP contribution in [0.2, 0.25) is 0 Å². The van der Waals surface area contributed by atoms with Crippen LogP contribution in [0, 0.1) is 5.92 Å². The standard InChI is InChI=1S/C10H16N2O2S2.ClH/c1-8(11)9-4-5-12(7-9)16(13,14)10-3-2-6-15-10;/h2-3,6,8-9H,4-5,7,11H2,1H3;1H. The molecule has 4 nitrogen and oxygen atoms in total. The summed E-state index contributed by atoms with van der Waals surface area (Å²) < 4.78 is 26.3. The van der Waals surface area contributed by atoms with Crippen molar-refractivity contribution in [1.29, 1.82) is 0 Å². The van der Waals surface area contributed by atoms with E-state index in [9.17, 15) is 8.42 Å². The Balaban J connectivity index is 0.00000144. The number of rotatable bonds is 3. The van der Waals surface area contributed by atoms with Gasteiger partial charge in [-0.1, -0.05) is 6.07 Å². The van der Waals surface area contributed by atoms with Crippen molar-refractivity contribution < 1.29 is 8.42 Å². The summed E-state index contributed by atoms with van der Waals surface area (Å²) in [6.45, 7) is 3.08. The summed E-state index contributed by atoms with van der Waals surface area (Å²) in [5.74, 6) is 0.287. The molecule has 2 N–H and O–H groups in total. The zero-order valence-electron chi connectivity index (χ0n) is 9.57. The van der Waals surface area contributed by atoms with Gasteiger partial charge in [-0.15, -0.1) is 23.7 Å². The fourth-order valence-corrected chi connectivity index (χ4v) is 4.60. The average molecular weight is 297 g/mol.